The molecule has 0 fully saturated rings. The van der Waals surface area contributed by atoms with E-state index in [0.29, 0.717) is 5.69 Å². The van der Waals surface area contributed by atoms with Gasteiger partial charge in [-0.1, -0.05) is 6.07 Å². The summed E-state index contributed by atoms with van der Waals surface area (Å²) >= 11 is 0. The van der Waals surface area contributed by atoms with Gasteiger partial charge >= 0.3 is 0 Å². The number of aryl methyl sites for hydroxylation is 1. The van der Waals surface area contributed by atoms with E-state index < -0.39 is 5.82 Å². The monoisotopic (exact) mass is 270 g/mol. The standard InChI is InChI=1S/C16H12F2N2/c17-12-2-4-14-10(7-12)1-5-16(14)20-15-6-3-13(18)8-11(15)9-19/h2-4,6-8,16,20H,1,5H2. The minimum Gasteiger partial charge on any atom is -0.377 e. The number of hydrogen-bond donors (Lipinski definition) is 1. The van der Waals surface area contributed by atoms with E-state index in [1.54, 1.807) is 18.2 Å². The molecule has 4 heteroatoms. The Morgan fingerprint density at radius 1 is 1.10 bits per heavy atom. The van der Waals surface area contributed by atoms with Gasteiger partial charge in [0.05, 0.1) is 17.3 Å². The number of nitrogens with one attached hydrogen (secondary N) is 1. The molecule has 0 bridgehead atoms. The van der Waals surface area contributed by atoms with Gasteiger partial charge in [-0.25, -0.2) is 8.78 Å². The third-order valence-electron chi connectivity index (χ3n) is 3.61. The van der Waals surface area contributed by atoms with Gasteiger partial charge in [-0.05, 0) is 54.3 Å². The van der Waals surface area contributed by atoms with E-state index in [1.807, 2.05) is 6.07 Å². The van der Waals surface area contributed by atoms with Crippen LogP contribution in [-0.4, -0.2) is 0 Å². The Hall–Kier alpha value is -2.41. The van der Waals surface area contributed by atoms with E-state index in [-0.39, 0.29) is 17.4 Å². The largest absolute Gasteiger partial charge is 0.377 e. The molecule has 1 aliphatic carbocycles. The molecule has 0 radical (unpaired) electrons. The molecule has 0 saturated carbocycles. The van der Waals surface area contributed by atoms with Crippen LogP contribution in [0.3, 0.4) is 0 Å². The number of benzene rings is 2. The summed E-state index contributed by atoms with van der Waals surface area (Å²) in [5, 5.41) is 12.3. The first kappa shape index (κ1) is 12.6. The molecule has 20 heavy (non-hydrogen) atoms. The highest BCUT2D eigenvalue weighted by atomic mass is 19.1. The van der Waals surface area contributed by atoms with Crippen molar-refractivity contribution in [2.24, 2.45) is 0 Å². The zero-order valence-corrected chi connectivity index (χ0v) is 10.7. The zero-order valence-electron chi connectivity index (χ0n) is 10.7. The minimum atomic E-state index is -0.430. The van der Waals surface area contributed by atoms with Crippen LogP contribution >= 0.6 is 0 Å². The molecule has 1 N–H and O–H groups in total. The van der Waals surface area contributed by atoms with E-state index in [4.69, 9.17) is 5.26 Å². The van der Waals surface area contributed by atoms with Crippen molar-refractivity contribution in [1.29, 1.82) is 5.26 Å². The Morgan fingerprint density at radius 2 is 1.85 bits per heavy atom. The molecule has 2 nitrogen and oxygen atoms in total. The Morgan fingerprint density at radius 3 is 2.65 bits per heavy atom. The van der Waals surface area contributed by atoms with Crippen LogP contribution in [0.2, 0.25) is 0 Å². The van der Waals surface area contributed by atoms with Crippen LogP contribution in [0.1, 0.15) is 29.2 Å². The van der Waals surface area contributed by atoms with Crippen LogP contribution < -0.4 is 5.32 Å². The van der Waals surface area contributed by atoms with Crippen LogP contribution in [0.25, 0.3) is 0 Å². The Labute approximate surface area is 115 Å². The van der Waals surface area contributed by atoms with Gasteiger partial charge in [-0.2, -0.15) is 5.26 Å². The summed E-state index contributed by atoms with van der Waals surface area (Å²) in [6.45, 7) is 0. The summed E-state index contributed by atoms with van der Waals surface area (Å²) in [4.78, 5) is 0. The molecular formula is C16H12F2N2. The van der Waals surface area contributed by atoms with Crippen molar-refractivity contribution in [2.75, 3.05) is 5.32 Å². The minimum absolute atomic E-state index is 0.0307. The van der Waals surface area contributed by atoms with Crippen LogP contribution in [0.15, 0.2) is 36.4 Å². The second-order valence-corrected chi connectivity index (χ2v) is 4.88. The molecule has 0 spiro atoms. The molecule has 100 valence electrons. The van der Waals surface area contributed by atoms with Crippen LogP contribution in [0, 0.1) is 23.0 Å². The molecule has 3 rings (SSSR count). The molecule has 2 aromatic rings. The highest BCUT2D eigenvalue weighted by molar-refractivity contribution is 5.59. The predicted octanol–water partition coefficient (Wildman–Crippen LogP) is 3.94. The Balaban J connectivity index is 1.90. The Bertz CT molecular complexity index is 704. The predicted molar refractivity (Wildman–Crippen MR) is 72.2 cm³/mol. The van der Waals surface area contributed by atoms with Crippen molar-refractivity contribution < 1.29 is 8.78 Å². The third kappa shape index (κ3) is 2.23. The van der Waals surface area contributed by atoms with Crippen molar-refractivity contribution in [3.63, 3.8) is 0 Å². The van der Waals surface area contributed by atoms with E-state index in [0.717, 1.165) is 24.0 Å². The molecular weight excluding hydrogens is 258 g/mol. The van der Waals surface area contributed by atoms with Gasteiger partial charge in [-0.3, -0.25) is 0 Å². The lowest BCUT2D eigenvalue weighted by Gasteiger charge is -2.16. The molecule has 1 atom stereocenters. The maximum atomic E-state index is 13.2. The average molecular weight is 270 g/mol. The number of halogens is 2. The lowest BCUT2D eigenvalue weighted by molar-refractivity contribution is 0.625. The first-order valence-corrected chi connectivity index (χ1v) is 6.42. The second kappa shape index (κ2) is 4.93. The van der Waals surface area contributed by atoms with E-state index in [2.05, 4.69) is 5.32 Å². The summed E-state index contributed by atoms with van der Waals surface area (Å²) in [5.74, 6) is -0.662. The zero-order chi connectivity index (χ0) is 14.1. The van der Waals surface area contributed by atoms with Crippen LogP contribution in [-0.2, 0) is 6.42 Å². The molecule has 2 aromatic carbocycles. The van der Waals surface area contributed by atoms with Crippen molar-refractivity contribution in [3.05, 3.63) is 64.7 Å². The molecule has 0 aromatic heterocycles. The quantitative estimate of drug-likeness (QED) is 0.897. The van der Waals surface area contributed by atoms with Crippen LogP contribution in [0.5, 0.6) is 0 Å². The number of hydrogen-bond acceptors (Lipinski definition) is 2. The fourth-order valence-corrected chi connectivity index (χ4v) is 2.66. The lowest BCUT2D eigenvalue weighted by atomic mass is 10.1. The van der Waals surface area contributed by atoms with Gasteiger partial charge in [-0.15, -0.1) is 0 Å². The van der Waals surface area contributed by atoms with Gasteiger partial charge in [0.25, 0.3) is 0 Å². The molecule has 0 aliphatic heterocycles. The normalized spacial score (nSPS) is 16.6. The fourth-order valence-electron chi connectivity index (χ4n) is 2.66. The molecule has 1 aliphatic rings. The summed E-state index contributed by atoms with van der Waals surface area (Å²) in [6, 6.07) is 10.9. The van der Waals surface area contributed by atoms with Gasteiger partial charge in [0.2, 0.25) is 0 Å². The van der Waals surface area contributed by atoms with Gasteiger partial charge in [0, 0.05) is 0 Å². The lowest BCUT2D eigenvalue weighted by Crippen LogP contribution is -2.08. The molecule has 0 saturated heterocycles. The van der Waals surface area contributed by atoms with Crippen molar-refractivity contribution in [3.8, 4) is 6.07 Å². The number of rotatable bonds is 2. The first-order chi connectivity index (χ1) is 9.67. The maximum Gasteiger partial charge on any atom is 0.124 e. The summed E-state index contributed by atoms with van der Waals surface area (Å²) in [5.41, 5.74) is 2.92. The molecule has 1 unspecified atom stereocenters. The van der Waals surface area contributed by atoms with Crippen molar-refractivity contribution in [2.45, 2.75) is 18.9 Å². The summed E-state index contributed by atoms with van der Waals surface area (Å²) < 4.78 is 26.3. The molecule has 0 amide bonds. The topological polar surface area (TPSA) is 35.8 Å². The number of nitrogens with zero attached hydrogens (tertiary/aromatic N) is 1. The summed E-state index contributed by atoms with van der Waals surface area (Å²) in [6.07, 6.45) is 1.63. The maximum absolute atomic E-state index is 13.2. The van der Waals surface area contributed by atoms with E-state index in [1.165, 1.54) is 18.2 Å². The highest BCUT2D eigenvalue weighted by Crippen LogP contribution is 2.35. The van der Waals surface area contributed by atoms with E-state index >= 15 is 0 Å². The van der Waals surface area contributed by atoms with Gasteiger partial charge in [0.1, 0.15) is 17.7 Å². The average Bonchev–Trinajstić information content (AvgIpc) is 2.83. The number of nitriles is 1. The smallest absolute Gasteiger partial charge is 0.124 e. The van der Waals surface area contributed by atoms with Crippen molar-refractivity contribution in [1.82, 2.24) is 0 Å². The summed E-state index contributed by atoms with van der Waals surface area (Å²) in [7, 11) is 0. The van der Waals surface area contributed by atoms with Gasteiger partial charge in [0.15, 0.2) is 0 Å². The highest BCUT2D eigenvalue weighted by Gasteiger charge is 2.23. The third-order valence-corrected chi connectivity index (χ3v) is 3.61. The second-order valence-electron chi connectivity index (χ2n) is 4.88. The van der Waals surface area contributed by atoms with Crippen LogP contribution in [0.4, 0.5) is 14.5 Å². The number of anilines is 1. The van der Waals surface area contributed by atoms with E-state index in [9.17, 15) is 8.78 Å². The number of fused-ring (bicyclic) bond motifs is 1. The SMILES string of the molecule is N#Cc1cc(F)ccc1NC1CCc2cc(F)ccc21. The first-order valence-electron chi connectivity index (χ1n) is 6.42. The fraction of sp³-hybridized carbons (Fsp3) is 0.188. The molecule has 0 heterocycles. The Kier molecular flexibility index (Phi) is 3.11. The van der Waals surface area contributed by atoms with Crippen molar-refractivity contribution >= 4 is 5.69 Å². The van der Waals surface area contributed by atoms with Gasteiger partial charge < -0.3 is 5.32 Å².